The average Bonchev–Trinajstić information content (AvgIpc) is 3.46. The van der Waals surface area contributed by atoms with Crippen LogP contribution in [-0.2, 0) is 4.74 Å². The Morgan fingerprint density at radius 3 is 2.81 bits per heavy atom. The summed E-state index contributed by atoms with van der Waals surface area (Å²) in [6, 6.07) is 8.12. The van der Waals surface area contributed by atoms with Gasteiger partial charge >= 0.3 is 0 Å². The molecule has 0 bridgehead atoms. The van der Waals surface area contributed by atoms with E-state index >= 15 is 0 Å². The number of nitrogens with zero attached hydrogens (tertiary/aromatic N) is 4. The number of nitrogens with one attached hydrogen (secondary N) is 2. The molecule has 1 unspecified atom stereocenters. The Hall–Kier alpha value is -3.20. The number of carbonyl (C=O) groups excluding carboxylic acids is 2. The van der Waals surface area contributed by atoms with Gasteiger partial charge in [-0.1, -0.05) is 23.4 Å². The minimum absolute atomic E-state index is 0.0870. The molecule has 168 valence electrons. The number of aromatic nitrogens is 4. The van der Waals surface area contributed by atoms with Crippen LogP contribution in [0, 0.1) is 5.41 Å². The van der Waals surface area contributed by atoms with Gasteiger partial charge in [-0.3, -0.25) is 9.59 Å². The second-order valence-electron chi connectivity index (χ2n) is 8.79. The number of hydrogen-bond donors (Lipinski definition) is 2. The van der Waals surface area contributed by atoms with Gasteiger partial charge < -0.3 is 19.9 Å². The zero-order chi connectivity index (χ0) is 22.1. The molecule has 1 saturated heterocycles. The van der Waals surface area contributed by atoms with Crippen LogP contribution in [-0.4, -0.2) is 70.0 Å². The molecular weight excluding hydrogens is 408 g/mol. The lowest BCUT2D eigenvalue weighted by Gasteiger charge is -2.53. The monoisotopic (exact) mass is 436 g/mol. The Labute approximate surface area is 186 Å². The molecule has 2 N–H and O–H groups in total. The van der Waals surface area contributed by atoms with E-state index in [2.05, 4.69) is 20.6 Å². The van der Waals surface area contributed by atoms with Crippen LogP contribution in [0.1, 0.15) is 52.6 Å². The van der Waals surface area contributed by atoms with Crippen molar-refractivity contribution in [2.75, 3.05) is 33.4 Å². The van der Waals surface area contributed by atoms with Crippen molar-refractivity contribution in [3.8, 4) is 0 Å². The van der Waals surface area contributed by atoms with Crippen LogP contribution in [0.4, 0.5) is 0 Å². The zero-order valence-corrected chi connectivity index (χ0v) is 18.2. The number of para-hydroxylation sites is 1. The number of aromatic amines is 1. The van der Waals surface area contributed by atoms with Crippen LogP contribution in [0.25, 0.3) is 10.9 Å². The van der Waals surface area contributed by atoms with Crippen molar-refractivity contribution in [1.29, 1.82) is 0 Å². The third kappa shape index (κ3) is 3.56. The summed E-state index contributed by atoms with van der Waals surface area (Å²) >= 11 is 0. The Morgan fingerprint density at radius 2 is 2.06 bits per heavy atom. The Bertz CT molecular complexity index is 1130. The number of amides is 2. The first-order chi connectivity index (χ1) is 15.6. The van der Waals surface area contributed by atoms with Crippen LogP contribution in [0.5, 0.6) is 0 Å². The summed E-state index contributed by atoms with van der Waals surface area (Å²) in [5.74, 6) is -0.148. The molecule has 2 aromatic heterocycles. The molecule has 32 heavy (non-hydrogen) atoms. The maximum Gasteiger partial charge on any atom is 0.273 e. The minimum atomic E-state index is -0.235. The second kappa shape index (κ2) is 8.38. The van der Waals surface area contributed by atoms with Gasteiger partial charge in [-0.2, -0.15) is 0 Å². The molecule has 2 fully saturated rings. The summed E-state index contributed by atoms with van der Waals surface area (Å²) in [7, 11) is 1.60. The Kier molecular flexibility index (Phi) is 5.42. The van der Waals surface area contributed by atoms with Crippen LogP contribution in [0.3, 0.4) is 0 Å². The normalized spacial score (nSPS) is 19.8. The maximum absolute atomic E-state index is 13.2. The summed E-state index contributed by atoms with van der Waals surface area (Å²) in [6.07, 6.45) is 7.56. The van der Waals surface area contributed by atoms with E-state index in [1.807, 2.05) is 40.0 Å². The molecule has 1 aliphatic heterocycles. The summed E-state index contributed by atoms with van der Waals surface area (Å²) in [6.45, 7) is 2.36. The highest BCUT2D eigenvalue weighted by molar-refractivity contribution is 6.06. The number of ether oxygens (including phenoxy) is 1. The van der Waals surface area contributed by atoms with Gasteiger partial charge in [0.05, 0.1) is 24.4 Å². The fourth-order valence-electron chi connectivity index (χ4n) is 5.14. The first kappa shape index (κ1) is 20.7. The van der Waals surface area contributed by atoms with Crippen LogP contribution < -0.4 is 5.32 Å². The molecule has 1 atom stereocenters. The topological polar surface area (TPSA) is 105 Å². The lowest BCUT2D eigenvalue weighted by molar-refractivity contribution is -0.0268. The third-order valence-corrected chi connectivity index (χ3v) is 7.14. The SMILES string of the molecule is COCCNC(=O)c1cn(C2CCC23CCN(C(=O)c2c[nH]c4ccccc24)CC3)nn1. The van der Waals surface area contributed by atoms with Gasteiger partial charge in [-0.25, -0.2) is 4.68 Å². The first-order valence-corrected chi connectivity index (χ1v) is 11.2. The molecule has 5 rings (SSSR count). The van der Waals surface area contributed by atoms with Crippen LogP contribution in [0.15, 0.2) is 36.7 Å². The molecule has 1 aliphatic carbocycles. The summed E-state index contributed by atoms with van der Waals surface area (Å²) in [5.41, 5.74) is 2.17. The van der Waals surface area contributed by atoms with Crippen molar-refractivity contribution in [3.05, 3.63) is 47.9 Å². The molecule has 9 nitrogen and oxygen atoms in total. The number of likely N-dealkylation sites (tertiary alicyclic amines) is 1. The molecule has 9 heteroatoms. The van der Waals surface area contributed by atoms with Gasteiger partial charge in [-0.05, 0) is 37.2 Å². The molecule has 0 radical (unpaired) electrons. The van der Waals surface area contributed by atoms with Crippen LogP contribution in [0.2, 0.25) is 0 Å². The standard InChI is InChI=1S/C23H28N6O3/c1-32-13-10-24-21(30)19-15-29(27-26-19)20-6-7-23(20)8-11-28(12-9-23)22(31)17-14-25-18-5-3-2-4-16(17)18/h2-5,14-15,20,25H,6-13H2,1H3,(H,24,30). The lowest BCUT2D eigenvalue weighted by Crippen LogP contribution is -2.51. The van der Waals surface area contributed by atoms with E-state index in [0.717, 1.165) is 55.2 Å². The summed E-state index contributed by atoms with van der Waals surface area (Å²) in [4.78, 5) is 30.5. The molecule has 2 amide bonds. The van der Waals surface area contributed by atoms with Crippen molar-refractivity contribution < 1.29 is 14.3 Å². The van der Waals surface area contributed by atoms with Gasteiger partial charge in [0.2, 0.25) is 0 Å². The highest BCUT2D eigenvalue weighted by Crippen LogP contribution is 2.56. The predicted molar refractivity (Wildman–Crippen MR) is 118 cm³/mol. The van der Waals surface area contributed by atoms with Gasteiger partial charge in [0.15, 0.2) is 5.69 Å². The van der Waals surface area contributed by atoms with Gasteiger partial charge in [-0.15, -0.1) is 5.10 Å². The van der Waals surface area contributed by atoms with Crippen molar-refractivity contribution in [3.63, 3.8) is 0 Å². The molecule has 3 aromatic rings. The van der Waals surface area contributed by atoms with E-state index < -0.39 is 0 Å². The molecule has 1 saturated carbocycles. The number of fused-ring (bicyclic) bond motifs is 1. The number of benzene rings is 1. The van der Waals surface area contributed by atoms with Crippen molar-refractivity contribution >= 4 is 22.7 Å². The van der Waals surface area contributed by atoms with E-state index in [1.165, 1.54) is 0 Å². The molecule has 2 aliphatic rings. The maximum atomic E-state index is 13.2. The van der Waals surface area contributed by atoms with E-state index in [9.17, 15) is 9.59 Å². The number of carbonyl (C=O) groups is 2. The van der Waals surface area contributed by atoms with Crippen molar-refractivity contribution in [2.24, 2.45) is 5.41 Å². The van der Waals surface area contributed by atoms with E-state index in [-0.39, 0.29) is 23.3 Å². The van der Waals surface area contributed by atoms with E-state index in [4.69, 9.17) is 4.74 Å². The number of methoxy groups -OCH3 is 1. The highest BCUT2D eigenvalue weighted by atomic mass is 16.5. The Balaban J connectivity index is 1.23. The first-order valence-electron chi connectivity index (χ1n) is 11.2. The number of hydrogen-bond acceptors (Lipinski definition) is 5. The minimum Gasteiger partial charge on any atom is -0.383 e. The fraction of sp³-hybridized carbons (Fsp3) is 0.478. The van der Waals surface area contributed by atoms with Gasteiger partial charge in [0.25, 0.3) is 11.8 Å². The number of rotatable bonds is 6. The Morgan fingerprint density at radius 1 is 1.25 bits per heavy atom. The number of piperidine rings is 1. The quantitative estimate of drug-likeness (QED) is 0.578. The largest absolute Gasteiger partial charge is 0.383 e. The van der Waals surface area contributed by atoms with Crippen molar-refractivity contribution in [2.45, 2.75) is 31.7 Å². The van der Waals surface area contributed by atoms with Gasteiger partial charge in [0.1, 0.15) is 0 Å². The smallest absolute Gasteiger partial charge is 0.273 e. The lowest BCUT2D eigenvalue weighted by atomic mass is 9.59. The molecular formula is C23H28N6O3. The van der Waals surface area contributed by atoms with Gasteiger partial charge in [0, 0.05) is 43.8 Å². The van der Waals surface area contributed by atoms with E-state index in [0.29, 0.717) is 18.8 Å². The molecule has 1 aromatic carbocycles. The molecule has 1 spiro atoms. The highest BCUT2D eigenvalue weighted by Gasteiger charge is 2.50. The fourth-order valence-corrected chi connectivity index (χ4v) is 5.14. The van der Waals surface area contributed by atoms with Crippen LogP contribution >= 0.6 is 0 Å². The summed E-state index contributed by atoms with van der Waals surface area (Å²) < 4.78 is 6.81. The van der Waals surface area contributed by atoms with E-state index in [1.54, 1.807) is 13.3 Å². The predicted octanol–water partition coefficient (Wildman–Crippen LogP) is 2.39. The second-order valence-corrected chi connectivity index (χ2v) is 8.79. The average molecular weight is 437 g/mol. The molecule has 3 heterocycles. The van der Waals surface area contributed by atoms with Crippen molar-refractivity contribution in [1.82, 2.24) is 30.2 Å². The summed E-state index contributed by atoms with van der Waals surface area (Å²) in [5, 5.41) is 12.1. The zero-order valence-electron chi connectivity index (χ0n) is 18.2. The third-order valence-electron chi connectivity index (χ3n) is 7.14. The number of H-pyrrole nitrogens is 1.